The molecule has 0 saturated heterocycles. The van der Waals surface area contributed by atoms with Crippen LogP contribution in [0.1, 0.15) is 20.3 Å². The Bertz CT molecular complexity index is 251. The van der Waals surface area contributed by atoms with Crippen LogP contribution >= 0.6 is 12.6 Å². The summed E-state index contributed by atoms with van der Waals surface area (Å²) in [6, 6.07) is 0. The first-order valence-electron chi connectivity index (χ1n) is 3.79. The summed E-state index contributed by atoms with van der Waals surface area (Å²) in [5.41, 5.74) is 0.0767. The van der Waals surface area contributed by atoms with Gasteiger partial charge in [0, 0.05) is 6.42 Å². The van der Waals surface area contributed by atoms with E-state index in [9.17, 15) is 4.79 Å². The van der Waals surface area contributed by atoms with E-state index in [-0.39, 0.29) is 5.41 Å². The van der Waals surface area contributed by atoms with Gasteiger partial charge < -0.3 is 4.74 Å². The standard InChI is InChI=1S/C9H12O2S/c1-9(2)5-3-4-7(6-9)11-8(10)12/h3-5H,6H2,1-2H3,(H,10,12). The molecule has 0 amide bonds. The molecule has 0 bridgehead atoms. The van der Waals surface area contributed by atoms with Gasteiger partial charge in [0.15, 0.2) is 0 Å². The lowest BCUT2D eigenvalue weighted by molar-refractivity contribution is 0.195. The van der Waals surface area contributed by atoms with Crippen LogP contribution in [0.4, 0.5) is 4.79 Å². The van der Waals surface area contributed by atoms with E-state index in [1.165, 1.54) is 0 Å². The average molecular weight is 184 g/mol. The van der Waals surface area contributed by atoms with Gasteiger partial charge in [-0.2, -0.15) is 0 Å². The number of allylic oxidation sites excluding steroid dienone is 4. The lowest BCUT2D eigenvalue weighted by Crippen LogP contribution is -2.13. The zero-order valence-electron chi connectivity index (χ0n) is 7.20. The first-order chi connectivity index (χ1) is 5.49. The Morgan fingerprint density at radius 1 is 1.67 bits per heavy atom. The van der Waals surface area contributed by atoms with E-state index in [1.807, 2.05) is 6.08 Å². The molecule has 0 aliphatic heterocycles. The second-order valence-electron chi connectivity index (χ2n) is 3.53. The Morgan fingerprint density at radius 3 is 2.83 bits per heavy atom. The second kappa shape index (κ2) is 3.35. The van der Waals surface area contributed by atoms with Crippen molar-refractivity contribution in [1.82, 2.24) is 0 Å². The number of hydrogen-bond donors (Lipinski definition) is 1. The van der Waals surface area contributed by atoms with Crippen LogP contribution in [-0.4, -0.2) is 5.30 Å². The van der Waals surface area contributed by atoms with Crippen LogP contribution in [0.25, 0.3) is 0 Å². The Hall–Kier alpha value is -0.700. The molecule has 0 radical (unpaired) electrons. The monoisotopic (exact) mass is 184 g/mol. The average Bonchev–Trinajstić information content (AvgIpc) is 1.82. The third kappa shape index (κ3) is 2.74. The van der Waals surface area contributed by atoms with Gasteiger partial charge in [0.05, 0.1) is 0 Å². The van der Waals surface area contributed by atoms with Gasteiger partial charge in [0.2, 0.25) is 0 Å². The van der Waals surface area contributed by atoms with Crippen molar-refractivity contribution in [2.45, 2.75) is 20.3 Å². The van der Waals surface area contributed by atoms with E-state index in [0.29, 0.717) is 5.76 Å². The van der Waals surface area contributed by atoms with Gasteiger partial charge in [-0.05, 0) is 11.5 Å². The smallest absolute Gasteiger partial charge is 0.369 e. The highest BCUT2D eigenvalue weighted by atomic mass is 32.1. The first kappa shape index (κ1) is 9.39. The predicted octanol–water partition coefficient (Wildman–Crippen LogP) is 2.92. The van der Waals surface area contributed by atoms with Gasteiger partial charge in [-0.1, -0.05) is 38.6 Å². The van der Waals surface area contributed by atoms with Crippen molar-refractivity contribution >= 4 is 17.9 Å². The number of ether oxygens (including phenoxy) is 1. The molecule has 0 heterocycles. The van der Waals surface area contributed by atoms with Crippen LogP contribution in [0.3, 0.4) is 0 Å². The minimum Gasteiger partial charge on any atom is -0.423 e. The Kier molecular flexibility index (Phi) is 2.62. The van der Waals surface area contributed by atoms with Gasteiger partial charge in [-0.15, -0.1) is 0 Å². The fourth-order valence-electron chi connectivity index (χ4n) is 1.17. The zero-order chi connectivity index (χ0) is 9.19. The summed E-state index contributed by atoms with van der Waals surface area (Å²) in [7, 11) is 0. The number of hydrogen-bond acceptors (Lipinski definition) is 2. The molecule has 12 heavy (non-hydrogen) atoms. The number of carbonyl (C=O) groups excluding carboxylic acids is 1. The fourth-order valence-corrected chi connectivity index (χ4v) is 1.28. The molecule has 0 unspecified atom stereocenters. The molecular formula is C9H12O2S. The highest BCUT2D eigenvalue weighted by Crippen LogP contribution is 2.30. The molecule has 1 aliphatic carbocycles. The topological polar surface area (TPSA) is 26.3 Å². The lowest BCUT2D eigenvalue weighted by Gasteiger charge is -2.23. The number of carbonyl (C=O) groups is 1. The molecule has 0 fully saturated rings. The van der Waals surface area contributed by atoms with E-state index in [2.05, 4.69) is 32.6 Å². The second-order valence-corrected chi connectivity index (χ2v) is 3.89. The number of rotatable bonds is 1. The van der Waals surface area contributed by atoms with E-state index in [0.717, 1.165) is 6.42 Å². The van der Waals surface area contributed by atoms with Crippen LogP contribution in [0, 0.1) is 5.41 Å². The highest BCUT2D eigenvalue weighted by Gasteiger charge is 2.20. The Balaban J connectivity index is 2.64. The van der Waals surface area contributed by atoms with Crippen LogP contribution in [0.5, 0.6) is 0 Å². The third-order valence-corrected chi connectivity index (χ3v) is 1.77. The molecule has 0 aromatic rings. The molecule has 0 saturated carbocycles. The van der Waals surface area contributed by atoms with Crippen molar-refractivity contribution < 1.29 is 9.53 Å². The van der Waals surface area contributed by atoms with Gasteiger partial charge in [-0.25, -0.2) is 4.79 Å². The SMILES string of the molecule is CC1(C)C=CC=C(OC(=O)S)C1. The Labute approximate surface area is 77.7 Å². The van der Waals surface area contributed by atoms with Gasteiger partial charge in [0.25, 0.3) is 0 Å². The third-order valence-electron chi connectivity index (χ3n) is 1.68. The van der Waals surface area contributed by atoms with Gasteiger partial charge in [0.1, 0.15) is 5.76 Å². The molecule has 0 aromatic heterocycles. The van der Waals surface area contributed by atoms with Crippen molar-refractivity contribution in [2.75, 3.05) is 0 Å². The fraction of sp³-hybridized carbons (Fsp3) is 0.444. The molecule has 0 atom stereocenters. The lowest BCUT2D eigenvalue weighted by atomic mass is 9.85. The summed E-state index contributed by atoms with van der Waals surface area (Å²) in [6.45, 7) is 4.17. The van der Waals surface area contributed by atoms with Crippen molar-refractivity contribution in [3.63, 3.8) is 0 Å². The summed E-state index contributed by atoms with van der Waals surface area (Å²) in [4.78, 5) is 10.5. The molecule has 1 rings (SSSR count). The van der Waals surface area contributed by atoms with Crippen LogP contribution in [0.2, 0.25) is 0 Å². The molecule has 2 nitrogen and oxygen atoms in total. The maximum Gasteiger partial charge on any atom is 0.369 e. The predicted molar refractivity (Wildman–Crippen MR) is 51.1 cm³/mol. The Morgan fingerprint density at radius 2 is 2.33 bits per heavy atom. The van der Waals surface area contributed by atoms with Crippen molar-refractivity contribution in [3.05, 3.63) is 24.0 Å². The minimum atomic E-state index is -0.549. The summed E-state index contributed by atoms with van der Waals surface area (Å²) in [5, 5.41) is -0.549. The molecular weight excluding hydrogens is 172 g/mol. The molecule has 0 spiro atoms. The van der Waals surface area contributed by atoms with E-state index < -0.39 is 5.30 Å². The summed E-state index contributed by atoms with van der Waals surface area (Å²) in [5.74, 6) is 0.683. The van der Waals surface area contributed by atoms with E-state index in [1.54, 1.807) is 6.08 Å². The van der Waals surface area contributed by atoms with Crippen LogP contribution < -0.4 is 0 Å². The largest absolute Gasteiger partial charge is 0.423 e. The quantitative estimate of drug-likeness (QED) is 0.501. The normalized spacial score (nSPS) is 20.1. The van der Waals surface area contributed by atoms with Crippen LogP contribution in [0.15, 0.2) is 24.0 Å². The highest BCUT2D eigenvalue weighted by molar-refractivity contribution is 7.96. The molecule has 0 aromatic carbocycles. The molecule has 66 valence electrons. The number of thiol groups is 1. The molecule has 3 heteroatoms. The zero-order valence-corrected chi connectivity index (χ0v) is 8.10. The first-order valence-corrected chi connectivity index (χ1v) is 4.23. The van der Waals surface area contributed by atoms with E-state index >= 15 is 0 Å². The summed E-state index contributed by atoms with van der Waals surface area (Å²) >= 11 is 3.54. The van der Waals surface area contributed by atoms with Crippen LogP contribution in [-0.2, 0) is 4.74 Å². The summed E-state index contributed by atoms with van der Waals surface area (Å²) < 4.78 is 4.86. The van der Waals surface area contributed by atoms with Crippen molar-refractivity contribution in [3.8, 4) is 0 Å². The summed E-state index contributed by atoms with van der Waals surface area (Å²) in [6.07, 6.45) is 6.52. The maximum absolute atomic E-state index is 10.5. The van der Waals surface area contributed by atoms with Gasteiger partial charge in [-0.3, -0.25) is 0 Å². The minimum absolute atomic E-state index is 0.0767. The molecule has 1 aliphatic rings. The van der Waals surface area contributed by atoms with Crippen molar-refractivity contribution in [1.29, 1.82) is 0 Å². The van der Waals surface area contributed by atoms with Gasteiger partial charge >= 0.3 is 5.30 Å². The maximum atomic E-state index is 10.5. The molecule has 0 N–H and O–H groups in total. The van der Waals surface area contributed by atoms with E-state index in [4.69, 9.17) is 4.74 Å². The van der Waals surface area contributed by atoms with Crippen molar-refractivity contribution in [2.24, 2.45) is 5.41 Å².